The summed E-state index contributed by atoms with van der Waals surface area (Å²) in [6, 6.07) is 9.82. The Hall–Kier alpha value is -2.54. The minimum absolute atomic E-state index is 0.283. The van der Waals surface area contributed by atoms with E-state index >= 15 is 0 Å². The molecule has 0 aliphatic carbocycles. The Balaban J connectivity index is 1.63. The lowest BCUT2D eigenvalue weighted by atomic mass is 10.2. The fourth-order valence-electron chi connectivity index (χ4n) is 2.47. The van der Waals surface area contributed by atoms with Crippen LogP contribution in [0.15, 0.2) is 41.3 Å². The van der Waals surface area contributed by atoms with Crippen molar-refractivity contribution in [3.05, 3.63) is 53.4 Å². The molecule has 6 nitrogen and oxygen atoms in total. The lowest BCUT2D eigenvalue weighted by molar-refractivity contribution is -0.143. The van der Waals surface area contributed by atoms with Crippen molar-refractivity contribution in [1.82, 2.24) is 15.1 Å². The Bertz CT molecular complexity index is 797. The second-order valence-corrected chi connectivity index (χ2v) is 6.95. The van der Waals surface area contributed by atoms with E-state index in [9.17, 15) is 9.59 Å². The van der Waals surface area contributed by atoms with Crippen LogP contribution in [0.5, 0.6) is 0 Å². The molecule has 1 aromatic heterocycles. The summed E-state index contributed by atoms with van der Waals surface area (Å²) >= 11 is 1.66. The predicted molar refractivity (Wildman–Crippen MR) is 108 cm³/mol. The first kappa shape index (κ1) is 20.8. The van der Waals surface area contributed by atoms with E-state index < -0.39 is 5.97 Å². The number of thioether (sulfide) groups is 1. The van der Waals surface area contributed by atoms with Gasteiger partial charge in [0.05, 0.1) is 5.69 Å². The monoisotopic (exact) mass is 387 g/mol. The number of ether oxygens (including phenoxy) is 1. The van der Waals surface area contributed by atoms with Crippen molar-refractivity contribution in [2.24, 2.45) is 0 Å². The number of rotatable bonds is 9. The van der Waals surface area contributed by atoms with Gasteiger partial charge in [0.1, 0.15) is 0 Å². The molecule has 1 heterocycles. The summed E-state index contributed by atoms with van der Waals surface area (Å²) in [4.78, 5) is 24.6. The first-order valence-electron chi connectivity index (χ1n) is 8.74. The van der Waals surface area contributed by atoms with Gasteiger partial charge in [-0.25, -0.2) is 4.79 Å². The molecule has 144 valence electrons. The molecule has 0 unspecified atom stereocenters. The van der Waals surface area contributed by atoms with Crippen LogP contribution in [-0.2, 0) is 20.9 Å². The Kier molecular flexibility index (Phi) is 8.13. The SMILES string of the molecule is CSc1ccc(/C=C/C(=O)OCC(=O)NCCCn2nc(C)cc2C)cc1. The molecule has 0 saturated carbocycles. The van der Waals surface area contributed by atoms with Gasteiger partial charge in [-0.05, 0) is 56.4 Å². The number of aryl methyl sites for hydroxylation is 3. The summed E-state index contributed by atoms with van der Waals surface area (Å²) in [6.45, 7) is 4.91. The molecular formula is C20H25N3O3S. The summed E-state index contributed by atoms with van der Waals surface area (Å²) in [5, 5.41) is 7.10. The van der Waals surface area contributed by atoms with E-state index in [0.29, 0.717) is 6.54 Å². The van der Waals surface area contributed by atoms with Crippen LogP contribution in [0.4, 0.5) is 0 Å². The molecule has 0 atom stereocenters. The molecule has 0 fully saturated rings. The van der Waals surface area contributed by atoms with Crippen molar-refractivity contribution in [2.45, 2.75) is 31.7 Å². The molecule has 0 saturated heterocycles. The van der Waals surface area contributed by atoms with E-state index in [2.05, 4.69) is 10.4 Å². The maximum atomic E-state index is 11.7. The molecule has 0 aliphatic heterocycles. The van der Waals surface area contributed by atoms with E-state index in [1.165, 1.54) is 6.08 Å². The highest BCUT2D eigenvalue weighted by Gasteiger charge is 2.05. The standard InChI is InChI=1S/C20H25N3O3S/c1-15-13-16(2)23(22-15)12-4-11-21-19(24)14-26-20(25)10-7-17-5-8-18(27-3)9-6-17/h5-10,13H,4,11-12,14H2,1-3H3,(H,21,24)/b10-7+. The number of carbonyl (C=O) groups is 2. The number of benzene rings is 1. The zero-order valence-electron chi connectivity index (χ0n) is 15.9. The van der Waals surface area contributed by atoms with Crippen LogP contribution in [-0.4, -0.2) is 41.1 Å². The van der Waals surface area contributed by atoms with Gasteiger partial charge in [-0.2, -0.15) is 5.10 Å². The minimum atomic E-state index is -0.540. The molecule has 7 heteroatoms. The lowest BCUT2D eigenvalue weighted by Gasteiger charge is -2.07. The second-order valence-electron chi connectivity index (χ2n) is 6.07. The molecule has 0 radical (unpaired) electrons. The topological polar surface area (TPSA) is 73.2 Å². The molecule has 2 aromatic rings. The van der Waals surface area contributed by atoms with Crippen molar-refractivity contribution in [1.29, 1.82) is 0 Å². The number of hydrogen-bond acceptors (Lipinski definition) is 5. The lowest BCUT2D eigenvalue weighted by Crippen LogP contribution is -2.30. The van der Waals surface area contributed by atoms with Crippen LogP contribution in [0.2, 0.25) is 0 Å². The van der Waals surface area contributed by atoms with Crippen molar-refractivity contribution >= 4 is 29.7 Å². The summed E-state index contributed by atoms with van der Waals surface area (Å²) in [7, 11) is 0. The number of aromatic nitrogens is 2. The van der Waals surface area contributed by atoms with Gasteiger partial charge in [0.2, 0.25) is 0 Å². The van der Waals surface area contributed by atoms with E-state index in [-0.39, 0.29) is 12.5 Å². The van der Waals surface area contributed by atoms with E-state index in [0.717, 1.165) is 34.8 Å². The fourth-order valence-corrected chi connectivity index (χ4v) is 2.88. The van der Waals surface area contributed by atoms with E-state index in [4.69, 9.17) is 4.74 Å². The van der Waals surface area contributed by atoms with Gasteiger partial charge in [-0.15, -0.1) is 11.8 Å². The van der Waals surface area contributed by atoms with E-state index in [1.807, 2.05) is 55.1 Å². The number of nitrogens with zero attached hydrogens (tertiary/aromatic N) is 2. The Morgan fingerprint density at radius 1 is 1.26 bits per heavy atom. The van der Waals surface area contributed by atoms with Gasteiger partial charge < -0.3 is 10.1 Å². The van der Waals surface area contributed by atoms with Crippen molar-refractivity contribution in [3.8, 4) is 0 Å². The Morgan fingerprint density at radius 2 is 2.00 bits per heavy atom. The molecule has 2 rings (SSSR count). The molecule has 1 aromatic carbocycles. The van der Waals surface area contributed by atoms with Crippen LogP contribution >= 0.6 is 11.8 Å². The number of hydrogen-bond donors (Lipinski definition) is 1. The normalized spacial score (nSPS) is 10.9. The third kappa shape index (κ3) is 7.30. The van der Waals surface area contributed by atoms with Gasteiger partial charge in [0.25, 0.3) is 5.91 Å². The van der Waals surface area contributed by atoms with E-state index in [1.54, 1.807) is 17.8 Å². The molecule has 0 aliphatic rings. The summed E-state index contributed by atoms with van der Waals surface area (Å²) in [5.41, 5.74) is 2.98. The van der Waals surface area contributed by atoms with Gasteiger partial charge in [-0.3, -0.25) is 9.48 Å². The number of amides is 1. The quantitative estimate of drug-likeness (QED) is 0.310. The summed E-state index contributed by atoms with van der Waals surface area (Å²) in [5.74, 6) is -0.851. The molecule has 1 N–H and O–H groups in total. The van der Waals surface area contributed by atoms with Gasteiger partial charge >= 0.3 is 5.97 Å². The largest absolute Gasteiger partial charge is 0.452 e. The molecule has 0 bridgehead atoms. The van der Waals surface area contributed by atoms with Crippen LogP contribution in [0.3, 0.4) is 0 Å². The number of nitrogens with one attached hydrogen (secondary N) is 1. The highest BCUT2D eigenvalue weighted by atomic mass is 32.2. The third-order valence-electron chi connectivity index (χ3n) is 3.85. The van der Waals surface area contributed by atoms with Crippen LogP contribution in [0.25, 0.3) is 6.08 Å². The van der Waals surface area contributed by atoms with Crippen LogP contribution in [0, 0.1) is 13.8 Å². The van der Waals surface area contributed by atoms with Gasteiger partial charge in [-0.1, -0.05) is 12.1 Å². The van der Waals surface area contributed by atoms with Gasteiger partial charge in [0, 0.05) is 29.8 Å². The van der Waals surface area contributed by atoms with Crippen molar-refractivity contribution < 1.29 is 14.3 Å². The maximum Gasteiger partial charge on any atom is 0.331 e. The summed E-state index contributed by atoms with van der Waals surface area (Å²) < 4.78 is 6.86. The average molecular weight is 388 g/mol. The third-order valence-corrected chi connectivity index (χ3v) is 4.59. The highest BCUT2D eigenvalue weighted by Crippen LogP contribution is 2.15. The number of esters is 1. The predicted octanol–water partition coefficient (Wildman–Crippen LogP) is 2.98. The van der Waals surface area contributed by atoms with Crippen LogP contribution in [0.1, 0.15) is 23.4 Å². The molecule has 1 amide bonds. The van der Waals surface area contributed by atoms with Crippen LogP contribution < -0.4 is 5.32 Å². The fraction of sp³-hybridized carbons (Fsp3) is 0.350. The highest BCUT2D eigenvalue weighted by molar-refractivity contribution is 7.98. The van der Waals surface area contributed by atoms with Crippen molar-refractivity contribution in [2.75, 3.05) is 19.4 Å². The number of carbonyl (C=O) groups excluding carboxylic acids is 2. The van der Waals surface area contributed by atoms with Crippen molar-refractivity contribution in [3.63, 3.8) is 0 Å². The second kappa shape index (κ2) is 10.6. The minimum Gasteiger partial charge on any atom is -0.452 e. The van der Waals surface area contributed by atoms with Gasteiger partial charge in [0.15, 0.2) is 6.61 Å². The zero-order valence-corrected chi connectivity index (χ0v) is 16.7. The molecule has 27 heavy (non-hydrogen) atoms. The Morgan fingerprint density at radius 3 is 2.63 bits per heavy atom. The zero-order chi connectivity index (χ0) is 19.6. The average Bonchev–Trinajstić information content (AvgIpc) is 2.99. The first-order chi connectivity index (χ1) is 13.0. The smallest absolute Gasteiger partial charge is 0.331 e. The molecule has 0 spiro atoms. The first-order valence-corrected chi connectivity index (χ1v) is 9.97. The summed E-state index contributed by atoms with van der Waals surface area (Å²) in [6.07, 6.45) is 5.75. The maximum absolute atomic E-state index is 11.7. The Labute approximate surface area is 164 Å². The molecular weight excluding hydrogens is 362 g/mol.